The molecule has 0 radical (unpaired) electrons. The Labute approximate surface area is 124 Å². The van der Waals surface area contributed by atoms with Crippen molar-refractivity contribution in [2.75, 3.05) is 13.1 Å². The Balaban J connectivity index is 1.54. The van der Waals surface area contributed by atoms with Crippen LogP contribution in [0.3, 0.4) is 0 Å². The summed E-state index contributed by atoms with van der Waals surface area (Å²) < 4.78 is 0. The summed E-state index contributed by atoms with van der Waals surface area (Å²) in [4.78, 5) is 12.4. The van der Waals surface area contributed by atoms with Crippen LogP contribution in [0, 0.1) is 17.8 Å². The Kier molecular flexibility index (Phi) is 2.96. The normalized spacial score (nSPS) is 28.1. The molecule has 2 N–H and O–H groups in total. The van der Waals surface area contributed by atoms with E-state index >= 15 is 0 Å². The van der Waals surface area contributed by atoms with E-state index in [9.17, 15) is 4.79 Å². The van der Waals surface area contributed by atoms with Crippen molar-refractivity contribution in [3.63, 3.8) is 0 Å². The van der Waals surface area contributed by atoms with Crippen molar-refractivity contribution in [3.05, 3.63) is 48.0 Å². The predicted molar refractivity (Wildman–Crippen MR) is 83.8 cm³/mol. The van der Waals surface area contributed by atoms with Gasteiger partial charge in [0.1, 0.15) is 0 Å². The first kappa shape index (κ1) is 12.8. The Morgan fingerprint density at radius 2 is 1.86 bits per heavy atom. The maximum atomic E-state index is 12.4. The van der Waals surface area contributed by atoms with E-state index in [1.807, 2.05) is 6.07 Å². The summed E-state index contributed by atoms with van der Waals surface area (Å²) in [6, 6.07) is 14.7. The Bertz CT molecular complexity index is 681. The molecule has 2 aliphatic rings. The van der Waals surface area contributed by atoms with Gasteiger partial charge in [0, 0.05) is 5.92 Å². The molecule has 1 amide bonds. The predicted octanol–water partition coefficient (Wildman–Crippen LogP) is 2.48. The standard InChI is InChI=1S/C18H20N2O/c1-11(20-18(21)17-15-9-19-10-16(15)17)13-8-4-6-12-5-2-3-7-14(12)13/h2-8,11,15-17,19H,9-10H2,1H3,(H,20,21)/t11-,15-,16?,17+/m0/s1. The Morgan fingerprint density at radius 3 is 2.67 bits per heavy atom. The van der Waals surface area contributed by atoms with Crippen LogP contribution in [0.1, 0.15) is 18.5 Å². The summed E-state index contributed by atoms with van der Waals surface area (Å²) in [5.41, 5.74) is 1.20. The molecule has 108 valence electrons. The highest BCUT2D eigenvalue weighted by Crippen LogP contribution is 2.48. The van der Waals surface area contributed by atoms with Crippen LogP contribution in [-0.4, -0.2) is 19.0 Å². The molecule has 2 aromatic rings. The highest BCUT2D eigenvalue weighted by molar-refractivity contribution is 5.87. The molecular weight excluding hydrogens is 260 g/mol. The smallest absolute Gasteiger partial charge is 0.224 e. The highest BCUT2D eigenvalue weighted by Gasteiger charge is 2.56. The van der Waals surface area contributed by atoms with Gasteiger partial charge in [-0.05, 0) is 48.2 Å². The van der Waals surface area contributed by atoms with Gasteiger partial charge >= 0.3 is 0 Å². The zero-order valence-electron chi connectivity index (χ0n) is 12.2. The number of carbonyl (C=O) groups excluding carboxylic acids is 1. The van der Waals surface area contributed by atoms with E-state index in [4.69, 9.17) is 0 Å². The molecule has 1 unspecified atom stereocenters. The molecule has 1 aliphatic carbocycles. The number of hydrogen-bond donors (Lipinski definition) is 2. The van der Waals surface area contributed by atoms with Gasteiger partial charge in [-0.3, -0.25) is 4.79 Å². The van der Waals surface area contributed by atoms with E-state index in [1.54, 1.807) is 0 Å². The first-order valence-electron chi connectivity index (χ1n) is 7.74. The number of rotatable bonds is 3. The van der Waals surface area contributed by atoms with Crippen molar-refractivity contribution in [3.8, 4) is 0 Å². The van der Waals surface area contributed by atoms with Crippen LogP contribution < -0.4 is 10.6 Å². The lowest BCUT2D eigenvalue weighted by molar-refractivity contribution is -0.123. The molecule has 3 heteroatoms. The van der Waals surface area contributed by atoms with Crippen molar-refractivity contribution in [1.82, 2.24) is 10.6 Å². The molecule has 1 heterocycles. The van der Waals surface area contributed by atoms with Crippen LogP contribution in [0.2, 0.25) is 0 Å². The lowest BCUT2D eigenvalue weighted by atomic mass is 9.99. The second kappa shape index (κ2) is 4.85. The van der Waals surface area contributed by atoms with Crippen molar-refractivity contribution in [2.24, 2.45) is 17.8 Å². The van der Waals surface area contributed by atoms with Gasteiger partial charge in [-0.15, -0.1) is 0 Å². The number of fused-ring (bicyclic) bond motifs is 2. The lowest BCUT2D eigenvalue weighted by Gasteiger charge is -2.17. The molecule has 3 nitrogen and oxygen atoms in total. The van der Waals surface area contributed by atoms with Gasteiger partial charge in [-0.2, -0.15) is 0 Å². The van der Waals surface area contributed by atoms with E-state index in [0.717, 1.165) is 13.1 Å². The van der Waals surface area contributed by atoms with Crippen LogP contribution in [0.5, 0.6) is 0 Å². The van der Waals surface area contributed by atoms with Crippen molar-refractivity contribution in [1.29, 1.82) is 0 Å². The SMILES string of the molecule is C[C@H](NC(=O)[C@H]1C2CNC[C@@H]21)c1cccc2ccccc12. The Hall–Kier alpha value is -1.87. The van der Waals surface area contributed by atoms with Gasteiger partial charge in [-0.25, -0.2) is 0 Å². The quantitative estimate of drug-likeness (QED) is 0.907. The summed E-state index contributed by atoms with van der Waals surface area (Å²) in [5, 5.41) is 9.00. The molecule has 2 aromatic carbocycles. The fourth-order valence-electron chi connectivity index (χ4n) is 3.82. The topological polar surface area (TPSA) is 41.1 Å². The van der Waals surface area contributed by atoms with E-state index in [-0.39, 0.29) is 17.9 Å². The van der Waals surface area contributed by atoms with Crippen molar-refractivity contribution < 1.29 is 4.79 Å². The summed E-state index contributed by atoms with van der Waals surface area (Å²) in [7, 11) is 0. The molecule has 4 rings (SSSR count). The highest BCUT2D eigenvalue weighted by atomic mass is 16.2. The molecule has 2 fully saturated rings. The van der Waals surface area contributed by atoms with Gasteiger partial charge in [0.15, 0.2) is 0 Å². The first-order valence-corrected chi connectivity index (χ1v) is 7.74. The van der Waals surface area contributed by atoms with Crippen LogP contribution in [-0.2, 0) is 4.79 Å². The van der Waals surface area contributed by atoms with Gasteiger partial charge in [-0.1, -0.05) is 42.5 Å². The van der Waals surface area contributed by atoms with Gasteiger partial charge in [0.2, 0.25) is 5.91 Å². The summed E-state index contributed by atoms with van der Waals surface area (Å²) in [5.74, 6) is 1.62. The van der Waals surface area contributed by atoms with Gasteiger partial charge in [0.05, 0.1) is 6.04 Å². The maximum absolute atomic E-state index is 12.4. The molecule has 21 heavy (non-hydrogen) atoms. The average Bonchev–Trinajstić information content (AvgIpc) is 3.00. The van der Waals surface area contributed by atoms with E-state index in [0.29, 0.717) is 11.8 Å². The molecular formula is C18H20N2O. The fourth-order valence-corrected chi connectivity index (χ4v) is 3.82. The monoisotopic (exact) mass is 280 g/mol. The fraction of sp³-hybridized carbons (Fsp3) is 0.389. The molecule has 1 aliphatic heterocycles. The minimum atomic E-state index is 0.0536. The number of hydrogen-bond acceptors (Lipinski definition) is 2. The largest absolute Gasteiger partial charge is 0.349 e. The van der Waals surface area contributed by atoms with Crippen LogP contribution >= 0.6 is 0 Å². The van der Waals surface area contributed by atoms with Crippen LogP contribution in [0.4, 0.5) is 0 Å². The maximum Gasteiger partial charge on any atom is 0.224 e. The van der Waals surface area contributed by atoms with E-state index in [1.165, 1.54) is 16.3 Å². The van der Waals surface area contributed by atoms with E-state index < -0.39 is 0 Å². The number of carbonyl (C=O) groups is 1. The summed E-state index contributed by atoms with van der Waals surface area (Å²) in [6.45, 7) is 4.09. The molecule has 0 spiro atoms. The second-order valence-electron chi connectivity index (χ2n) is 6.31. The number of piperidine rings is 1. The van der Waals surface area contributed by atoms with Crippen molar-refractivity contribution >= 4 is 16.7 Å². The Morgan fingerprint density at radius 1 is 1.14 bits per heavy atom. The molecule has 1 saturated carbocycles. The summed E-state index contributed by atoms with van der Waals surface area (Å²) >= 11 is 0. The molecule has 4 atom stereocenters. The number of nitrogens with one attached hydrogen (secondary N) is 2. The lowest BCUT2D eigenvalue weighted by Crippen LogP contribution is -2.31. The first-order chi connectivity index (χ1) is 10.3. The van der Waals surface area contributed by atoms with E-state index in [2.05, 4.69) is 54.0 Å². The molecule has 0 bridgehead atoms. The minimum absolute atomic E-state index is 0.0536. The third kappa shape index (κ3) is 2.12. The van der Waals surface area contributed by atoms with Gasteiger partial charge in [0.25, 0.3) is 0 Å². The second-order valence-corrected chi connectivity index (χ2v) is 6.31. The third-order valence-electron chi connectivity index (χ3n) is 5.04. The average molecular weight is 280 g/mol. The van der Waals surface area contributed by atoms with Gasteiger partial charge < -0.3 is 10.6 Å². The number of benzene rings is 2. The van der Waals surface area contributed by atoms with Crippen LogP contribution in [0.25, 0.3) is 10.8 Å². The minimum Gasteiger partial charge on any atom is -0.349 e. The summed E-state index contributed by atoms with van der Waals surface area (Å²) in [6.07, 6.45) is 0. The zero-order valence-corrected chi connectivity index (χ0v) is 12.2. The molecule has 0 aromatic heterocycles. The molecule has 1 saturated heterocycles. The van der Waals surface area contributed by atoms with Crippen molar-refractivity contribution in [2.45, 2.75) is 13.0 Å². The third-order valence-corrected chi connectivity index (χ3v) is 5.04. The zero-order chi connectivity index (χ0) is 14.4. The number of amides is 1. The van der Waals surface area contributed by atoms with Crippen LogP contribution in [0.15, 0.2) is 42.5 Å².